The lowest BCUT2D eigenvalue weighted by Gasteiger charge is -2.19. The highest BCUT2D eigenvalue weighted by Crippen LogP contribution is 2.38. The van der Waals surface area contributed by atoms with E-state index in [-0.39, 0.29) is 31.5 Å². The van der Waals surface area contributed by atoms with Crippen LogP contribution in [0.1, 0.15) is 11.1 Å². The van der Waals surface area contributed by atoms with Crippen molar-refractivity contribution >= 4 is 17.6 Å². The first-order valence-corrected chi connectivity index (χ1v) is 9.75. The van der Waals surface area contributed by atoms with Crippen LogP contribution < -0.4 is 29.7 Å². The topological polar surface area (TPSA) is 84.4 Å². The molecule has 8 nitrogen and oxygen atoms in total. The van der Waals surface area contributed by atoms with Gasteiger partial charge in [0.05, 0.1) is 6.54 Å². The Morgan fingerprint density at radius 3 is 2.77 bits per heavy atom. The Balaban J connectivity index is 1.37. The van der Waals surface area contributed by atoms with Gasteiger partial charge in [-0.2, -0.15) is 8.78 Å². The lowest BCUT2D eigenvalue weighted by atomic mass is 10.1. The Kier molecular flexibility index (Phi) is 6.06. The van der Waals surface area contributed by atoms with E-state index in [0.29, 0.717) is 29.6 Å². The number of para-hydroxylation sites is 1. The van der Waals surface area contributed by atoms with E-state index in [2.05, 4.69) is 20.4 Å². The van der Waals surface area contributed by atoms with E-state index in [0.717, 1.165) is 17.7 Å². The number of hydrogen-bond donors (Lipinski definition) is 2. The third-order valence-corrected chi connectivity index (χ3v) is 5.04. The number of rotatable bonds is 6. The molecule has 0 spiro atoms. The number of guanidine groups is 1. The average Bonchev–Trinajstić information content (AvgIpc) is 3.39. The van der Waals surface area contributed by atoms with Gasteiger partial charge in [-0.05, 0) is 24.1 Å². The molecule has 0 fully saturated rings. The molecule has 0 saturated carbocycles. The number of aliphatic imine (C=N–C) groups is 1. The first kappa shape index (κ1) is 20.7. The third kappa shape index (κ3) is 4.62. The van der Waals surface area contributed by atoms with Crippen molar-refractivity contribution in [2.24, 2.45) is 4.99 Å². The van der Waals surface area contributed by atoms with Gasteiger partial charge in [-0.15, -0.1) is 0 Å². The maximum absolute atomic E-state index is 12.8. The lowest BCUT2D eigenvalue weighted by molar-refractivity contribution is -0.117. The van der Waals surface area contributed by atoms with Crippen molar-refractivity contribution in [3.05, 3.63) is 47.5 Å². The molecule has 164 valence electrons. The molecule has 1 amide bonds. The molecule has 2 aromatic carbocycles. The molecule has 31 heavy (non-hydrogen) atoms. The molecule has 10 heteroatoms. The minimum Gasteiger partial charge on any atom is -0.454 e. The van der Waals surface area contributed by atoms with E-state index in [4.69, 9.17) is 9.47 Å². The van der Waals surface area contributed by atoms with Crippen LogP contribution in [0.25, 0.3) is 0 Å². The van der Waals surface area contributed by atoms with Crippen LogP contribution >= 0.6 is 0 Å². The van der Waals surface area contributed by atoms with Crippen molar-refractivity contribution in [1.29, 1.82) is 0 Å². The van der Waals surface area contributed by atoms with Gasteiger partial charge in [0.1, 0.15) is 5.75 Å². The van der Waals surface area contributed by atoms with E-state index in [9.17, 15) is 13.6 Å². The summed E-state index contributed by atoms with van der Waals surface area (Å²) in [6.45, 7) is -2.16. The van der Waals surface area contributed by atoms with E-state index in [1.54, 1.807) is 18.0 Å². The fraction of sp³-hybridized carbons (Fsp3) is 0.333. The predicted octanol–water partition coefficient (Wildman–Crippen LogP) is 2.27. The molecule has 0 radical (unpaired) electrons. The fourth-order valence-electron chi connectivity index (χ4n) is 3.56. The standard InChI is InChI=1S/C21H22F2N4O4/c1-24-21(26-11-19(28)27-7-6-13-4-2-3-5-15(13)27)25-10-14-8-17-18(30-12-29-17)9-16(14)31-20(22)23/h2-5,8-9,20H,6-7,10-12H2,1H3,(H2,24,25,26). The summed E-state index contributed by atoms with van der Waals surface area (Å²) in [4.78, 5) is 18.5. The number of carbonyl (C=O) groups excluding carboxylic acids is 1. The molecule has 4 rings (SSSR count). The normalized spacial score (nSPS) is 14.6. The maximum Gasteiger partial charge on any atom is 0.387 e. The monoisotopic (exact) mass is 432 g/mol. The number of alkyl halides is 2. The van der Waals surface area contributed by atoms with Crippen molar-refractivity contribution < 1.29 is 27.8 Å². The molecule has 0 saturated heterocycles. The molecule has 0 aliphatic carbocycles. The number of carbonyl (C=O) groups is 1. The minimum absolute atomic E-state index is 0.0191. The van der Waals surface area contributed by atoms with Gasteiger partial charge in [0, 0.05) is 37.5 Å². The highest BCUT2D eigenvalue weighted by molar-refractivity contribution is 5.98. The average molecular weight is 432 g/mol. The highest BCUT2D eigenvalue weighted by atomic mass is 19.3. The number of hydrogen-bond acceptors (Lipinski definition) is 5. The summed E-state index contributed by atoms with van der Waals surface area (Å²) in [7, 11) is 1.56. The second-order valence-electron chi connectivity index (χ2n) is 6.90. The summed E-state index contributed by atoms with van der Waals surface area (Å²) >= 11 is 0. The van der Waals surface area contributed by atoms with Crippen molar-refractivity contribution in [3.63, 3.8) is 0 Å². The van der Waals surface area contributed by atoms with Crippen LogP contribution in [0.3, 0.4) is 0 Å². The molecule has 2 aliphatic heterocycles. The number of nitrogens with one attached hydrogen (secondary N) is 2. The fourth-order valence-corrected chi connectivity index (χ4v) is 3.56. The largest absolute Gasteiger partial charge is 0.454 e. The number of halogens is 2. The molecule has 0 unspecified atom stereocenters. The Bertz CT molecular complexity index is 999. The van der Waals surface area contributed by atoms with Crippen LogP contribution in [0, 0.1) is 0 Å². The first-order valence-electron chi connectivity index (χ1n) is 9.75. The van der Waals surface area contributed by atoms with Crippen LogP contribution in [0.2, 0.25) is 0 Å². The van der Waals surface area contributed by atoms with Crippen LogP contribution in [-0.4, -0.2) is 45.4 Å². The van der Waals surface area contributed by atoms with Crippen molar-refractivity contribution in [1.82, 2.24) is 10.6 Å². The van der Waals surface area contributed by atoms with E-state index < -0.39 is 6.61 Å². The molecule has 0 atom stereocenters. The van der Waals surface area contributed by atoms with Gasteiger partial charge in [-0.25, -0.2) is 0 Å². The number of nitrogens with zero attached hydrogens (tertiary/aromatic N) is 2. The third-order valence-electron chi connectivity index (χ3n) is 5.04. The number of fused-ring (bicyclic) bond motifs is 2. The molecular formula is C21H22F2N4O4. The summed E-state index contributed by atoms with van der Waals surface area (Å²) in [5.74, 6) is 1.04. The second-order valence-corrected chi connectivity index (χ2v) is 6.90. The zero-order valence-corrected chi connectivity index (χ0v) is 16.9. The summed E-state index contributed by atoms with van der Waals surface area (Å²) in [6, 6.07) is 10.8. The van der Waals surface area contributed by atoms with Crippen LogP contribution in [0.15, 0.2) is 41.4 Å². The van der Waals surface area contributed by atoms with Gasteiger partial charge >= 0.3 is 6.61 Å². The zero-order chi connectivity index (χ0) is 21.8. The van der Waals surface area contributed by atoms with Gasteiger partial charge in [0.2, 0.25) is 12.7 Å². The van der Waals surface area contributed by atoms with Crippen LogP contribution in [0.5, 0.6) is 17.2 Å². The van der Waals surface area contributed by atoms with Crippen molar-refractivity contribution in [2.75, 3.05) is 31.8 Å². The van der Waals surface area contributed by atoms with Crippen molar-refractivity contribution in [3.8, 4) is 17.2 Å². The number of benzene rings is 2. The number of anilines is 1. The summed E-state index contributed by atoms with van der Waals surface area (Å²) in [5.41, 5.74) is 2.51. The smallest absolute Gasteiger partial charge is 0.387 e. The summed E-state index contributed by atoms with van der Waals surface area (Å²) in [6.07, 6.45) is 0.825. The summed E-state index contributed by atoms with van der Waals surface area (Å²) < 4.78 is 40.7. The Morgan fingerprint density at radius 1 is 1.23 bits per heavy atom. The molecule has 0 bridgehead atoms. The van der Waals surface area contributed by atoms with E-state index in [1.807, 2.05) is 24.3 Å². The molecule has 2 heterocycles. The van der Waals surface area contributed by atoms with Gasteiger partial charge in [0.15, 0.2) is 17.5 Å². The highest BCUT2D eigenvalue weighted by Gasteiger charge is 2.24. The van der Waals surface area contributed by atoms with Gasteiger partial charge in [-0.1, -0.05) is 18.2 Å². The maximum atomic E-state index is 12.8. The first-order chi connectivity index (χ1) is 15.0. The summed E-state index contributed by atoms with van der Waals surface area (Å²) in [5, 5.41) is 5.97. The Hall–Kier alpha value is -3.56. The van der Waals surface area contributed by atoms with Gasteiger partial charge in [0.25, 0.3) is 0 Å². The molecule has 0 aromatic heterocycles. The molecule has 2 N–H and O–H groups in total. The van der Waals surface area contributed by atoms with E-state index in [1.165, 1.54) is 6.07 Å². The molecule has 2 aliphatic rings. The Morgan fingerprint density at radius 2 is 2.00 bits per heavy atom. The lowest BCUT2D eigenvalue weighted by Crippen LogP contribution is -2.44. The van der Waals surface area contributed by atoms with Gasteiger partial charge < -0.3 is 29.7 Å². The van der Waals surface area contributed by atoms with Crippen molar-refractivity contribution in [2.45, 2.75) is 19.6 Å². The minimum atomic E-state index is -2.97. The molecular weight excluding hydrogens is 410 g/mol. The zero-order valence-electron chi connectivity index (χ0n) is 16.9. The number of amides is 1. The Labute approximate surface area is 177 Å². The second kappa shape index (κ2) is 9.07. The van der Waals surface area contributed by atoms with Gasteiger partial charge in [-0.3, -0.25) is 9.79 Å². The predicted molar refractivity (Wildman–Crippen MR) is 110 cm³/mol. The van der Waals surface area contributed by atoms with E-state index >= 15 is 0 Å². The molecule has 2 aromatic rings. The van der Waals surface area contributed by atoms with Crippen LogP contribution in [0.4, 0.5) is 14.5 Å². The SMILES string of the molecule is CN=C(NCC(=O)N1CCc2ccccc21)NCc1cc2c(cc1OC(F)F)OCO2. The van der Waals surface area contributed by atoms with Crippen LogP contribution in [-0.2, 0) is 17.8 Å². The quantitative estimate of drug-likeness (QED) is 0.538. The number of ether oxygens (including phenoxy) is 3.